The van der Waals surface area contributed by atoms with Crippen LogP contribution < -0.4 is 5.73 Å². The lowest BCUT2D eigenvalue weighted by Crippen LogP contribution is -2.52. The van der Waals surface area contributed by atoms with Gasteiger partial charge in [-0.25, -0.2) is 0 Å². The molecule has 1 aliphatic heterocycles. The standard InChI is InChI=1S/C15H28N3O/c1-15(17)12-13(16)6-7-14(15)19-11-5-10-18(2)8-3-4-9-18/h6-7,14,16H,3-5,8-12,17H2,1-2H3/q+1. The molecular formula is C15H28N3O+. The van der Waals surface area contributed by atoms with Gasteiger partial charge >= 0.3 is 0 Å². The van der Waals surface area contributed by atoms with E-state index < -0.39 is 5.54 Å². The van der Waals surface area contributed by atoms with Crippen molar-refractivity contribution in [2.45, 2.75) is 44.2 Å². The number of nitrogens with two attached hydrogens (primary N) is 1. The van der Waals surface area contributed by atoms with E-state index in [-0.39, 0.29) is 6.10 Å². The highest BCUT2D eigenvalue weighted by Gasteiger charge is 2.33. The number of quaternary nitrogens is 1. The second-order valence-corrected chi connectivity index (χ2v) is 6.71. The Bertz CT molecular complexity index is 356. The van der Waals surface area contributed by atoms with E-state index in [4.69, 9.17) is 15.9 Å². The van der Waals surface area contributed by atoms with Gasteiger partial charge in [0.15, 0.2) is 0 Å². The van der Waals surface area contributed by atoms with Crippen LogP contribution in [0.15, 0.2) is 12.2 Å². The molecule has 108 valence electrons. The molecule has 4 heteroatoms. The molecule has 1 saturated heterocycles. The molecule has 0 saturated carbocycles. The quantitative estimate of drug-likeness (QED) is 0.588. The molecule has 0 radical (unpaired) electrons. The molecule has 1 aliphatic carbocycles. The summed E-state index contributed by atoms with van der Waals surface area (Å²) >= 11 is 0. The van der Waals surface area contributed by atoms with Crippen molar-refractivity contribution in [2.24, 2.45) is 5.73 Å². The van der Waals surface area contributed by atoms with Gasteiger partial charge in [0.25, 0.3) is 0 Å². The molecule has 0 aromatic rings. The first-order chi connectivity index (χ1) is 8.91. The maximum Gasteiger partial charge on any atom is 0.0940 e. The zero-order valence-electron chi connectivity index (χ0n) is 12.3. The summed E-state index contributed by atoms with van der Waals surface area (Å²) in [5.41, 5.74) is 6.39. The molecule has 0 aromatic heterocycles. The Labute approximate surface area is 116 Å². The second kappa shape index (κ2) is 5.73. The first kappa shape index (κ1) is 14.7. The van der Waals surface area contributed by atoms with Crippen LogP contribution in [-0.2, 0) is 4.74 Å². The maximum atomic E-state index is 7.66. The number of nitrogens with one attached hydrogen (secondary N) is 1. The van der Waals surface area contributed by atoms with E-state index in [1.54, 1.807) is 0 Å². The molecule has 1 fully saturated rings. The first-order valence-electron chi connectivity index (χ1n) is 7.41. The number of rotatable bonds is 5. The number of hydrogen-bond acceptors (Lipinski definition) is 3. The smallest absolute Gasteiger partial charge is 0.0940 e. The van der Waals surface area contributed by atoms with Crippen molar-refractivity contribution in [3.63, 3.8) is 0 Å². The number of nitrogens with zero attached hydrogens (tertiary/aromatic N) is 1. The second-order valence-electron chi connectivity index (χ2n) is 6.71. The Hall–Kier alpha value is -0.710. The number of ether oxygens (including phenoxy) is 1. The summed E-state index contributed by atoms with van der Waals surface area (Å²) in [5.74, 6) is 0. The Morgan fingerprint density at radius 3 is 2.79 bits per heavy atom. The van der Waals surface area contributed by atoms with E-state index in [9.17, 15) is 0 Å². The van der Waals surface area contributed by atoms with E-state index in [1.807, 2.05) is 19.1 Å². The van der Waals surface area contributed by atoms with E-state index in [1.165, 1.54) is 37.0 Å². The molecule has 3 N–H and O–H groups in total. The lowest BCUT2D eigenvalue weighted by atomic mass is 9.85. The van der Waals surface area contributed by atoms with Crippen LogP contribution in [0.25, 0.3) is 0 Å². The molecule has 0 bridgehead atoms. The maximum absolute atomic E-state index is 7.66. The van der Waals surface area contributed by atoms with Gasteiger partial charge in [0.2, 0.25) is 0 Å². The fourth-order valence-electron chi connectivity index (χ4n) is 3.22. The molecule has 0 amide bonds. The molecule has 1 heterocycles. The van der Waals surface area contributed by atoms with Crippen LogP contribution in [-0.4, -0.2) is 55.1 Å². The largest absolute Gasteiger partial charge is 0.372 e. The summed E-state index contributed by atoms with van der Waals surface area (Å²) < 4.78 is 7.14. The van der Waals surface area contributed by atoms with Gasteiger partial charge in [-0.05, 0) is 13.0 Å². The van der Waals surface area contributed by atoms with Crippen LogP contribution in [0.2, 0.25) is 0 Å². The normalized spacial score (nSPS) is 33.8. The minimum absolute atomic E-state index is 0.0505. The fourth-order valence-corrected chi connectivity index (χ4v) is 3.22. The van der Waals surface area contributed by atoms with Gasteiger partial charge in [-0.1, -0.05) is 6.08 Å². The van der Waals surface area contributed by atoms with Crippen LogP contribution in [0.1, 0.15) is 32.6 Å². The predicted molar refractivity (Wildman–Crippen MR) is 78.5 cm³/mol. The van der Waals surface area contributed by atoms with Crippen molar-refractivity contribution in [3.8, 4) is 0 Å². The topological polar surface area (TPSA) is 59.1 Å². The molecule has 4 nitrogen and oxygen atoms in total. The molecular weight excluding hydrogens is 238 g/mol. The van der Waals surface area contributed by atoms with Gasteiger partial charge in [-0.3, -0.25) is 0 Å². The van der Waals surface area contributed by atoms with Crippen molar-refractivity contribution in [1.29, 1.82) is 5.41 Å². The third kappa shape index (κ3) is 3.88. The van der Waals surface area contributed by atoms with Gasteiger partial charge in [-0.15, -0.1) is 0 Å². The minimum Gasteiger partial charge on any atom is -0.372 e. The van der Waals surface area contributed by atoms with E-state index in [0.29, 0.717) is 12.1 Å². The molecule has 2 aliphatic rings. The average Bonchev–Trinajstić information content (AvgIpc) is 2.73. The highest BCUT2D eigenvalue weighted by atomic mass is 16.5. The van der Waals surface area contributed by atoms with Crippen molar-refractivity contribution < 1.29 is 9.22 Å². The summed E-state index contributed by atoms with van der Waals surface area (Å²) in [6.07, 6.45) is 8.14. The van der Waals surface area contributed by atoms with Gasteiger partial charge in [0.05, 0.1) is 39.4 Å². The zero-order chi connectivity index (χ0) is 13.9. The summed E-state index contributed by atoms with van der Waals surface area (Å²) in [7, 11) is 2.35. The third-order valence-corrected chi connectivity index (χ3v) is 4.48. The Kier molecular flexibility index (Phi) is 4.43. The van der Waals surface area contributed by atoms with Crippen LogP contribution in [0.5, 0.6) is 0 Å². The van der Waals surface area contributed by atoms with Gasteiger partial charge in [0.1, 0.15) is 0 Å². The lowest BCUT2D eigenvalue weighted by molar-refractivity contribution is -0.897. The Balaban J connectivity index is 1.73. The van der Waals surface area contributed by atoms with Crippen molar-refractivity contribution in [1.82, 2.24) is 0 Å². The monoisotopic (exact) mass is 266 g/mol. The highest BCUT2D eigenvalue weighted by molar-refractivity contribution is 5.94. The number of allylic oxidation sites excluding steroid dienone is 1. The minimum atomic E-state index is -0.433. The van der Waals surface area contributed by atoms with E-state index in [2.05, 4.69) is 7.05 Å². The van der Waals surface area contributed by atoms with Crippen LogP contribution in [0.4, 0.5) is 0 Å². The molecule has 2 rings (SSSR count). The zero-order valence-corrected chi connectivity index (χ0v) is 12.3. The third-order valence-electron chi connectivity index (χ3n) is 4.48. The van der Waals surface area contributed by atoms with Crippen LogP contribution >= 0.6 is 0 Å². The first-order valence-corrected chi connectivity index (χ1v) is 7.41. The molecule has 19 heavy (non-hydrogen) atoms. The van der Waals surface area contributed by atoms with Crippen LogP contribution in [0.3, 0.4) is 0 Å². The molecule has 2 atom stereocenters. The van der Waals surface area contributed by atoms with Crippen molar-refractivity contribution in [3.05, 3.63) is 12.2 Å². The van der Waals surface area contributed by atoms with Crippen LogP contribution in [0, 0.1) is 5.41 Å². The van der Waals surface area contributed by atoms with Crippen molar-refractivity contribution in [2.75, 3.05) is 33.3 Å². The predicted octanol–water partition coefficient (Wildman–Crippen LogP) is 1.70. The summed E-state index contributed by atoms with van der Waals surface area (Å²) in [4.78, 5) is 0. The Morgan fingerprint density at radius 1 is 1.47 bits per heavy atom. The summed E-state index contributed by atoms with van der Waals surface area (Å²) in [6, 6.07) is 0. The lowest BCUT2D eigenvalue weighted by Gasteiger charge is -2.35. The molecule has 0 spiro atoms. The van der Waals surface area contributed by atoms with E-state index in [0.717, 1.165) is 13.0 Å². The summed E-state index contributed by atoms with van der Waals surface area (Å²) in [6.45, 7) is 6.57. The van der Waals surface area contributed by atoms with E-state index >= 15 is 0 Å². The van der Waals surface area contributed by atoms with Gasteiger partial charge in [-0.2, -0.15) is 0 Å². The van der Waals surface area contributed by atoms with Crippen molar-refractivity contribution >= 4 is 5.71 Å². The SMILES string of the molecule is CC1(N)CC(=N)C=CC1OCCC[N+]1(C)CCCC1. The molecule has 2 unspecified atom stereocenters. The average molecular weight is 266 g/mol. The van der Waals surface area contributed by atoms with Gasteiger partial charge < -0.3 is 20.4 Å². The highest BCUT2D eigenvalue weighted by Crippen LogP contribution is 2.22. The summed E-state index contributed by atoms with van der Waals surface area (Å²) in [5, 5.41) is 7.66. The Morgan fingerprint density at radius 2 is 2.16 bits per heavy atom. The number of hydrogen-bond donors (Lipinski definition) is 2. The fraction of sp³-hybridized carbons (Fsp3) is 0.800. The number of likely N-dealkylation sites (tertiary alicyclic amines) is 1. The molecule has 0 aromatic carbocycles. The van der Waals surface area contributed by atoms with Gasteiger partial charge in [0, 0.05) is 36.9 Å².